The molecule has 164 valence electrons. The SMILES string of the molecule is CN(C)C=O.O=C1Nc2ccccc2C1(c1c[nH]c2ccccc12)c1c[nH]c2ccccc12. The predicted octanol–water partition coefficient (Wildman–Crippen LogP) is 4.64. The van der Waals surface area contributed by atoms with Crippen molar-refractivity contribution in [1.82, 2.24) is 14.9 Å². The lowest BCUT2D eigenvalue weighted by Crippen LogP contribution is -2.36. The Morgan fingerprint density at radius 2 is 1.21 bits per heavy atom. The highest BCUT2D eigenvalue weighted by Gasteiger charge is 2.51. The number of H-pyrrole nitrogens is 2. The lowest BCUT2D eigenvalue weighted by atomic mass is 9.70. The second-order valence-electron chi connectivity index (χ2n) is 8.31. The van der Waals surface area contributed by atoms with Gasteiger partial charge in [-0.1, -0.05) is 54.6 Å². The number of aromatic amines is 2. The number of benzene rings is 3. The number of rotatable bonds is 3. The molecule has 0 bridgehead atoms. The summed E-state index contributed by atoms with van der Waals surface area (Å²) in [7, 11) is 3.38. The number of para-hydroxylation sites is 3. The van der Waals surface area contributed by atoms with E-state index in [2.05, 4.69) is 33.5 Å². The summed E-state index contributed by atoms with van der Waals surface area (Å²) in [5.41, 5.74) is 4.90. The van der Waals surface area contributed by atoms with Gasteiger partial charge in [-0.2, -0.15) is 0 Å². The van der Waals surface area contributed by atoms with E-state index in [0.29, 0.717) is 0 Å². The van der Waals surface area contributed by atoms with Crippen molar-refractivity contribution in [1.29, 1.82) is 0 Å². The van der Waals surface area contributed by atoms with Crippen LogP contribution in [0.2, 0.25) is 0 Å². The van der Waals surface area contributed by atoms with Gasteiger partial charge < -0.3 is 20.2 Å². The lowest BCUT2D eigenvalue weighted by Gasteiger charge is -2.27. The van der Waals surface area contributed by atoms with Crippen LogP contribution in [0.4, 0.5) is 5.69 Å². The molecule has 0 unspecified atom stereocenters. The van der Waals surface area contributed by atoms with Crippen LogP contribution in [0.5, 0.6) is 0 Å². The Morgan fingerprint density at radius 3 is 1.76 bits per heavy atom. The highest BCUT2D eigenvalue weighted by atomic mass is 16.2. The molecular weight excluding hydrogens is 412 g/mol. The molecule has 0 atom stereocenters. The first kappa shape index (κ1) is 20.6. The Morgan fingerprint density at radius 1 is 0.727 bits per heavy atom. The maximum absolute atomic E-state index is 13.7. The van der Waals surface area contributed by atoms with Gasteiger partial charge in [0.1, 0.15) is 5.41 Å². The van der Waals surface area contributed by atoms with Crippen LogP contribution < -0.4 is 5.32 Å². The van der Waals surface area contributed by atoms with Crippen LogP contribution in [0.25, 0.3) is 21.8 Å². The van der Waals surface area contributed by atoms with Gasteiger partial charge >= 0.3 is 0 Å². The molecule has 3 N–H and O–H groups in total. The average molecular weight is 437 g/mol. The molecular formula is C27H24N4O2. The third-order valence-corrected chi connectivity index (χ3v) is 6.12. The molecule has 0 spiro atoms. The molecule has 0 aliphatic carbocycles. The van der Waals surface area contributed by atoms with E-state index in [9.17, 15) is 9.59 Å². The Bertz CT molecular complexity index is 1400. The molecule has 6 rings (SSSR count). The molecule has 3 aromatic carbocycles. The molecule has 6 heteroatoms. The van der Waals surface area contributed by atoms with Crippen LogP contribution in [0.3, 0.4) is 0 Å². The highest BCUT2D eigenvalue weighted by Crippen LogP contribution is 2.51. The van der Waals surface area contributed by atoms with Gasteiger partial charge in [0.25, 0.3) is 0 Å². The van der Waals surface area contributed by atoms with E-state index in [1.807, 2.05) is 67.0 Å². The van der Waals surface area contributed by atoms with Gasteiger partial charge in [0.2, 0.25) is 12.3 Å². The number of carbonyl (C=O) groups excluding carboxylic acids is 2. The number of carbonyl (C=O) groups is 2. The van der Waals surface area contributed by atoms with Crippen molar-refractivity contribution in [3.05, 3.63) is 102 Å². The minimum absolute atomic E-state index is 0.0248. The van der Waals surface area contributed by atoms with Crippen LogP contribution in [0, 0.1) is 0 Å². The molecule has 2 aromatic heterocycles. The smallest absolute Gasteiger partial charge is 0.244 e. The van der Waals surface area contributed by atoms with E-state index in [1.165, 1.54) is 4.90 Å². The van der Waals surface area contributed by atoms with Gasteiger partial charge in [0.15, 0.2) is 0 Å². The zero-order valence-electron chi connectivity index (χ0n) is 18.4. The third-order valence-electron chi connectivity index (χ3n) is 6.12. The molecule has 0 saturated carbocycles. The molecule has 5 aromatic rings. The van der Waals surface area contributed by atoms with E-state index >= 15 is 0 Å². The predicted molar refractivity (Wildman–Crippen MR) is 131 cm³/mol. The normalized spacial score (nSPS) is 13.8. The molecule has 6 nitrogen and oxygen atoms in total. The summed E-state index contributed by atoms with van der Waals surface area (Å²) in [6.45, 7) is 0. The second kappa shape index (κ2) is 7.98. The van der Waals surface area contributed by atoms with Gasteiger partial charge in [-0.25, -0.2) is 0 Å². The molecule has 2 amide bonds. The Hall–Kier alpha value is -4.32. The quantitative estimate of drug-likeness (QED) is 0.360. The molecule has 0 radical (unpaired) electrons. The Kier molecular flexibility index (Phi) is 4.98. The number of fused-ring (bicyclic) bond motifs is 3. The van der Waals surface area contributed by atoms with Crippen LogP contribution in [-0.4, -0.2) is 41.3 Å². The summed E-state index contributed by atoms with van der Waals surface area (Å²) in [5, 5.41) is 5.24. The second-order valence-corrected chi connectivity index (χ2v) is 8.31. The maximum atomic E-state index is 13.7. The molecule has 33 heavy (non-hydrogen) atoms. The number of hydrogen-bond acceptors (Lipinski definition) is 2. The van der Waals surface area contributed by atoms with Gasteiger partial charge in [-0.15, -0.1) is 0 Å². The monoisotopic (exact) mass is 436 g/mol. The molecule has 0 fully saturated rings. The fourth-order valence-corrected chi connectivity index (χ4v) is 4.70. The minimum Gasteiger partial charge on any atom is -0.361 e. The summed E-state index contributed by atoms with van der Waals surface area (Å²) >= 11 is 0. The Labute approximate surface area is 191 Å². The molecule has 1 aliphatic heterocycles. The van der Waals surface area contributed by atoms with Crippen molar-refractivity contribution in [2.45, 2.75) is 5.41 Å². The number of amides is 2. The van der Waals surface area contributed by atoms with Crippen LogP contribution in [-0.2, 0) is 15.0 Å². The lowest BCUT2D eigenvalue weighted by molar-refractivity contribution is -0.118. The van der Waals surface area contributed by atoms with Crippen LogP contribution in [0.15, 0.2) is 85.2 Å². The minimum atomic E-state index is -0.921. The van der Waals surface area contributed by atoms with Crippen molar-refractivity contribution in [2.24, 2.45) is 0 Å². The van der Waals surface area contributed by atoms with Crippen molar-refractivity contribution in [2.75, 3.05) is 19.4 Å². The fourth-order valence-electron chi connectivity index (χ4n) is 4.70. The van der Waals surface area contributed by atoms with Crippen LogP contribution in [0.1, 0.15) is 16.7 Å². The first-order valence-corrected chi connectivity index (χ1v) is 10.7. The number of aromatic nitrogens is 2. The van der Waals surface area contributed by atoms with Crippen molar-refractivity contribution in [3.63, 3.8) is 0 Å². The van der Waals surface area contributed by atoms with E-state index < -0.39 is 5.41 Å². The zero-order valence-corrected chi connectivity index (χ0v) is 18.4. The first-order valence-electron chi connectivity index (χ1n) is 10.7. The summed E-state index contributed by atoms with van der Waals surface area (Å²) in [6, 6.07) is 24.3. The van der Waals surface area contributed by atoms with Gasteiger partial charge in [0, 0.05) is 70.7 Å². The highest BCUT2D eigenvalue weighted by molar-refractivity contribution is 6.15. The van der Waals surface area contributed by atoms with Crippen molar-refractivity contribution >= 4 is 39.8 Å². The summed E-state index contributed by atoms with van der Waals surface area (Å²) < 4.78 is 0. The summed E-state index contributed by atoms with van der Waals surface area (Å²) in [5.74, 6) is -0.0248. The summed E-state index contributed by atoms with van der Waals surface area (Å²) in [4.78, 5) is 31.3. The molecule has 3 heterocycles. The zero-order chi connectivity index (χ0) is 23.0. The van der Waals surface area contributed by atoms with Gasteiger partial charge in [-0.3, -0.25) is 9.59 Å². The van der Waals surface area contributed by atoms with E-state index in [1.54, 1.807) is 14.1 Å². The number of hydrogen-bond donors (Lipinski definition) is 3. The summed E-state index contributed by atoms with van der Waals surface area (Å²) in [6.07, 6.45) is 4.71. The number of nitrogens with zero attached hydrogens (tertiary/aromatic N) is 1. The maximum Gasteiger partial charge on any atom is 0.244 e. The average Bonchev–Trinajstić information content (AvgIpc) is 3.53. The van der Waals surface area contributed by atoms with Crippen molar-refractivity contribution < 1.29 is 9.59 Å². The number of nitrogens with one attached hydrogen (secondary N) is 3. The fraction of sp³-hybridized carbons (Fsp3) is 0.111. The van der Waals surface area contributed by atoms with Crippen molar-refractivity contribution in [3.8, 4) is 0 Å². The van der Waals surface area contributed by atoms with E-state index in [4.69, 9.17) is 0 Å². The largest absolute Gasteiger partial charge is 0.361 e. The Balaban J connectivity index is 0.000000416. The molecule has 1 aliphatic rings. The van der Waals surface area contributed by atoms with Crippen LogP contribution >= 0.6 is 0 Å². The van der Waals surface area contributed by atoms with Gasteiger partial charge in [-0.05, 0) is 18.2 Å². The number of anilines is 1. The topological polar surface area (TPSA) is 81.0 Å². The standard InChI is InChI=1S/C24H17N3O.C3H7NO/c28-23-24(17-9-3-6-12-22(17)27-23,18-13-25-20-10-4-1-7-15(18)20)19-14-26-21-11-5-2-8-16(19)21;1-4(2)3-5/h1-14,25-26H,(H,27,28);3H,1-2H3. The van der Waals surface area contributed by atoms with E-state index in [0.717, 1.165) is 50.6 Å². The third kappa shape index (κ3) is 3.10. The van der Waals surface area contributed by atoms with E-state index in [-0.39, 0.29) is 5.91 Å². The molecule has 0 saturated heterocycles. The van der Waals surface area contributed by atoms with Gasteiger partial charge in [0.05, 0.1) is 0 Å². The first-order chi connectivity index (χ1) is 16.1.